The standard InChI is InChI=1S/2C2H4O2S.Ca/c2*3-2(4)1-5;/h2*5H,1H2,(H,3,4);. The van der Waals surface area contributed by atoms with Crippen molar-refractivity contribution in [2.45, 2.75) is 0 Å². The minimum atomic E-state index is -0.881. The summed E-state index contributed by atoms with van der Waals surface area (Å²) in [6.07, 6.45) is 0. The maximum Gasteiger partial charge on any atom is 0.313 e. The molecule has 0 amide bonds. The first-order valence-electron chi connectivity index (χ1n) is 2.20. The molecule has 0 saturated heterocycles. The van der Waals surface area contributed by atoms with Crippen molar-refractivity contribution in [3.63, 3.8) is 0 Å². The van der Waals surface area contributed by atoms with E-state index in [-0.39, 0.29) is 49.2 Å². The second-order valence-corrected chi connectivity index (χ2v) is 1.74. The molecule has 0 aliphatic rings. The van der Waals surface area contributed by atoms with Crippen LogP contribution in [0.5, 0.6) is 0 Å². The fourth-order valence-corrected chi connectivity index (χ4v) is 0. The second-order valence-electron chi connectivity index (χ2n) is 1.10. The predicted molar refractivity (Wildman–Crippen MR) is 48.7 cm³/mol. The average Bonchev–Trinajstić information content (AvgIpc) is 1.89. The molecule has 0 aliphatic heterocycles. The van der Waals surface area contributed by atoms with Crippen LogP contribution in [0.4, 0.5) is 0 Å². The van der Waals surface area contributed by atoms with Crippen LogP contribution in [0.15, 0.2) is 0 Å². The Hall–Kier alpha value is 0.900. The van der Waals surface area contributed by atoms with Crippen LogP contribution in [0.1, 0.15) is 0 Å². The SMILES string of the molecule is O=C(O)CS.O=C(O)CS.[Ca]. The molecule has 0 aromatic rings. The van der Waals surface area contributed by atoms with Crippen molar-refractivity contribution in [1.82, 2.24) is 0 Å². The van der Waals surface area contributed by atoms with Gasteiger partial charge in [0.15, 0.2) is 0 Å². The molecule has 4 nitrogen and oxygen atoms in total. The Morgan fingerprint density at radius 2 is 1.09 bits per heavy atom. The summed E-state index contributed by atoms with van der Waals surface area (Å²) in [7, 11) is 0. The number of carboxylic acids is 2. The van der Waals surface area contributed by atoms with Crippen molar-refractivity contribution in [2.75, 3.05) is 11.5 Å². The van der Waals surface area contributed by atoms with Crippen LogP contribution >= 0.6 is 25.3 Å². The van der Waals surface area contributed by atoms with Gasteiger partial charge < -0.3 is 10.2 Å². The summed E-state index contributed by atoms with van der Waals surface area (Å²) < 4.78 is 0. The minimum absolute atomic E-state index is 0. The van der Waals surface area contributed by atoms with E-state index in [9.17, 15) is 9.59 Å². The molecular formula is C4H8CaO4S2. The van der Waals surface area contributed by atoms with Gasteiger partial charge in [0, 0.05) is 37.7 Å². The van der Waals surface area contributed by atoms with Gasteiger partial charge in [-0.15, -0.1) is 0 Å². The first-order chi connectivity index (χ1) is 4.54. The van der Waals surface area contributed by atoms with Crippen LogP contribution in [0, 0.1) is 0 Å². The van der Waals surface area contributed by atoms with Crippen molar-refractivity contribution in [2.24, 2.45) is 0 Å². The van der Waals surface area contributed by atoms with Crippen molar-refractivity contribution in [3.8, 4) is 0 Å². The summed E-state index contributed by atoms with van der Waals surface area (Å²) in [5.74, 6) is -1.93. The molecule has 0 rings (SSSR count). The van der Waals surface area contributed by atoms with Gasteiger partial charge in [-0.3, -0.25) is 9.59 Å². The van der Waals surface area contributed by atoms with E-state index >= 15 is 0 Å². The van der Waals surface area contributed by atoms with E-state index in [1.807, 2.05) is 0 Å². The zero-order valence-electron chi connectivity index (χ0n) is 5.73. The zero-order valence-corrected chi connectivity index (χ0v) is 9.72. The summed E-state index contributed by atoms with van der Waals surface area (Å²) in [4.78, 5) is 18.6. The molecule has 0 bridgehead atoms. The van der Waals surface area contributed by atoms with Gasteiger partial charge in [0.05, 0.1) is 11.5 Å². The fourth-order valence-electron chi connectivity index (χ4n) is 0. The molecule has 0 spiro atoms. The van der Waals surface area contributed by atoms with Gasteiger partial charge in [0.2, 0.25) is 0 Å². The molecule has 62 valence electrons. The molecule has 0 aliphatic carbocycles. The smallest absolute Gasteiger partial charge is 0.313 e. The van der Waals surface area contributed by atoms with Gasteiger partial charge in [0.25, 0.3) is 0 Å². The van der Waals surface area contributed by atoms with E-state index < -0.39 is 11.9 Å². The molecular weight excluding hydrogens is 216 g/mol. The molecule has 7 heteroatoms. The van der Waals surface area contributed by atoms with Crippen LogP contribution in [-0.4, -0.2) is 71.4 Å². The van der Waals surface area contributed by atoms with Crippen LogP contribution in [-0.2, 0) is 9.59 Å². The van der Waals surface area contributed by atoms with Crippen molar-refractivity contribution < 1.29 is 19.8 Å². The molecule has 0 fully saturated rings. The predicted octanol–water partition coefficient (Wildman–Crippen LogP) is -0.379. The molecule has 2 radical (unpaired) electrons. The Balaban J connectivity index is -0.000000107. The normalized spacial score (nSPS) is 6.73. The quantitative estimate of drug-likeness (QED) is 0.381. The topological polar surface area (TPSA) is 74.6 Å². The number of aliphatic carboxylic acids is 2. The van der Waals surface area contributed by atoms with Gasteiger partial charge in [-0.25, -0.2) is 0 Å². The van der Waals surface area contributed by atoms with Crippen LogP contribution in [0.2, 0.25) is 0 Å². The first-order valence-corrected chi connectivity index (χ1v) is 3.46. The molecule has 0 heterocycles. The van der Waals surface area contributed by atoms with Gasteiger partial charge in [-0.2, -0.15) is 25.3 Å². The third-order valence-electron chi connectivity index (χ3n) is 0.271. The van der Waals surface area contributed by atoms with E-state index in [1.54, 1.807) is 0 Å². The molecule has 2 N–H and O–H groups in total. The van der Waals surface area contributed by atoms with E-state index in [1.165, 1.54) is 0 Å². The van der Waals surface area contributed by atoms with Crippen molar-refractivity contribution in [1.29, 1.82) is 0 Å². The summed E-state index contributed by atoms with van der Waals surface area (Å²) in [5.41, 5.74) is 0. The van der Waals surface area contributed by atoms with E-state index in [4.69, 9.17) is 10.2 Å². The Labute approximate surface area is 105 Å². The van der Waals surface area contributed by atoms with E-state index in [0.29, 0.717) is 0 Å². The first kappa shape index (κ1) is 17.8. The number of rotatable bonds is 2. The maximum absolute atomic E-state index is 9.29. The molecule has 0 unspecified atom stereocenters. The van der Waals surface area contributed by atoms with E-state index in [0.717, 1.165) is 0 Å². The fraction of sp³-hybridized carbons (Fsp3) is 0.500. The average molecular weight is 224 g/mol. The monoisotopic (exact) mass is 224 g/mol. The van der Waals surface area contributed by atoms with E-state index in [2.05, 4.69) is 25.3 Å². The number of thiol groups is 2. The van der Waals surface area contributed by atoms with Crippen molar-refractivity contribution in [3.05, 3.63) is 0 Å². The molecule has 0 aromatic heterocycles. The Kier molecular flexibility index (Phi) is 21.9. The van der Waals surface area contributed by atoms with Crippen LogP contribution < -0.4 is 0 Å². The third-order valence-corrected chi connectivity index (χ3v) is 0.812. The Morgan fingerprint density at radius 1 is 1.00 bits per heavy atom. The number of hydrogen-bond acceptors (Lipinski definition) is 4. The van der Waals surface area contributed by atoms with Crippen LogP contribution in [0.25, 0.3) is 0 Å². The summed E-state index contributed by atoms with van der Waals surface area (Å²) in [6.45, 7) is 0. The Morgan fingerprint density at radius 3 is 1.09 bits per heavy atom. The van der Waals surface area contributed by atoms with Gasteiger partial charge >= 0.3 is 11.9 Å². The Bertz CT molecular complexity index is 105. The van der Waals surface area contributed by atoms with Gasteiger partial charge in [-0.1, -0.05) is 0 Å². The maximum atomic E-state index is 9.29. The largest absolute Gasteiger partial charge is 0.481 e. The molecule has 11 heavy (non-hydrogen) atoms. The summed E-state index contributed by atoms with van der Waals surface area (Å²) in [6, 6.07) is 0. The third kappa shape index (κ3) is 36.0. The zero-order chi connectivity index (χ0) is 8.57. The molecule has 0 saturated carbocycles. The number of hydrogen-bond donors (Lipinski definition) is 4. The molecule has 0 atom stereocenters. The summed E-state index contributed by atoms with van der Waals surface area (Å²) in [5, 5.41) is 15.3. The number of carbonyl (C=O) groups is 2. The van der Waals surface area contributed by atoms with Gasteiger partial charge in [-0.05, 0) is 0 Å². The number of carboxylic acid groups (broad SMARTS) is 2. The summed E-state index contributed by atoms with van der Waals surface area (Å²) >= 11 is 6.83. The molecule has 0 aromatic carbocycles. The van der Waals surface area contributed by atoms with Crippen LogP contribution in [0.3, 0.4) is 0 Å². The van der Waals surface area contributed by atoms with Crippen molar-refractivity contribution >= 4 is 74.9 Å². The van der Waals surface area contributed by atoms with Gasteiger partial charge in [0.1, 0.15) is 0 Å². The second kappa shape index (κ2) is 13.5. The minimum Gasteiger partial charge on any atom is -0.481 e.